The second-order valence-corrected chi connectivity index (χ2v) is 10.2. The highest BCUT2D eigenvalue weighted by atomic mass is 16.5. The molecule has 0 radical (unpaired) electrons. The molecule has 0 bridgehead atoms. The summed E-state index contributed by atoms with van der Waals surface area (Å²) < 4.78 is 5.84. The van der Waals surface area contributed by atoms with Crippen molar-refractivity contribution in [3.8, 4) is 28.3 Å². The fourth-order valence-corrected chi connectivity index (χ4v) is 4.49. The Hall–Kier alpha value is -2.68. The Morgan fingerprint density at radius 2 is 1.25 bits per heavy atom. The summed E-state index contributed by atoms with van der Waals surface area (Å²) in [5.74, 6) is 2.32. The maximum atomic E-state index is 5.84. The van der Waals surface area contributed by atoms with Crippen molar-refractivity contribution in [3.05, 3.63) is 66.5 Å². The zero-order valence-corrected chi connectivity index (χ0v) is 22.8. The minimum absolute atomic E-state index is 0.732. The molecule has 0 aliphatic rings. The lowest BCUT2D eigenvalue weighted by atomic mass is 10.00. The fraction of sp³-hybridized carbons (Fsp3) is 0.515. The Labute approximate surface area is 219 Å². The SMILES string of the molecule is CCCCCCCCc1ccc(-c2ccc(-c3ncc(OCCCCC[C@@H](C)CC)cn3)cc2)cc1. The van der Waals surface area contributed by atoms with Crippen LogP contribution in [0.2, 0.25) is 0 Å². The van der Waals surface area contributed by atoms with Crippen LogP contribution in [-0.2, 0) is 6.42 Å². The maximum Gasteiger partial charge on any atom is 0.159 e. The van der Waals surface area contributed by atoms with Crippen molar-refractivity contribution in [1.29, 1.82) is 0 Å². The van der Waals surface area contributed by atoms with Crippen LogP contribution in [0, 0.1) is 5.92 Å². The number of unbranched alkanes of at least 4 members (excludes halogenated alkanes) is 7. The topological polar surface area (TPSA) is 35.0 Å². The molecule has 0 aliphatic heterocycles. The van der Waals surface area contributed by atoms with Crippen molar-refractivity contribution in [2.45, 2.75) is 97.8 Å². The third kappa shape index (κ3) is 9.76. The molecule has 0 amide bonds. The quantitative estimate of drug-likeness (QED) is 0.178. The number of aryl methyl sites for hydroxylation is 1. The van der Waals surface area contributed by atoms with Gasteiger partial charge < -0.3 is 4.74 Å². The predicted molar refractivity (Wildman–Crippen MR) is 153 cm³/mol. The largest absolute Gasteiger partial charge is 0.490 e. The minimum Gasteiger partial charge on any atom is -0.490 e. The van der Waals surface area contributed by atoms with Crippen LogP contribution in [0.25, 0.3) is 22.5 Å². The van der Waals surface area contributed by atoms with E-state index >= 15 is 0 Å². The molecule has 0 saturated carbocycles. The number of benzene rings is 2. The molecule has 3 nitrogen and oxygen atoms in total. The average Bonchev–Trinajstić information content (AvgIpc) is 2.93. The lowest BCUT2D eigenvalue weighted by Crippen LogP contribution is -2.00. The van der Waals surface area contributed by atoms with E-state index in [2.05, 4.69) is 79.3 Å². The van der Waals surface area contributed by atoms with E-state index in [1.54, 1.807) is 12.4 Å². The van der Waals surface area contributed by atoms with Crippen LogP contribution in [0.4, 0.5) is 0 Å². The second kappa shape index (κ2) is 16.1. The molecular formula is C33H46N2O. The van der Waals surface area contributed by atoms with Crippen LogP contribution in [0.3, 0.4) is 0 Å². The highest BCUT2D eigenvalue weighted by Gasteiger charge is 2.05. The summed E-state index contributed by atoms with van der Waals surface area (Å²) in [5.41, 5.74) is 4.93. The lowest BCUT2D eigenvalue weighted by molar-refractivity contribution is 0.300. The van der Waals surface area contributed by atoms with Crippen LogP contribution in [0.5, 0.6) is 5.75 Å². The summed E-state index contributed by atoms with van der Waals surface area (Å²) in [6.07, 6.45) is 19.0. The van der Waals surface area contributed by atoms with Crippen molar-refractivity contribution >= 4 is 0 Å². The highest BCUT2D eigenvalue weighted by Crippen LogP contribution is 2.24. The van der Waals surface area contributed by atoms with Crippen molar-refractivity contribution < 1.29 is 4.74 Å². The molecule has 1 atom stereocenters. The second-order valence-electron chi connectivity index (χ2n) is 10.2. The summed E-state index contributed by atoms with van der Waals surface area (Å²) in [6.45, 7) is 7.60. The zero-order valence-electron chi connectivity index (χ0n) is 22.8. The molecule has 0 aliphatic carbocycles. The number of nitrogens with zero attached hydrogens (tertiary/aromatic N) is 2. The highest BCUT2D eigenvalue weighted by molar-refractivity contribution is 5.67. The molecule has 0 saturated heterocycles. The molecule has 3 aromatic rings. The molecule has 1 aromatic heterocycles. The Morgan fingerprint density at radius 3 is 1.92 bits per heavy atom. The molecule has 0 fully saturated rings. The molecule has 36 heavy (non-hydrogen) atoms. The monoisotopic (exact) mass is 486 g/mol. The first-order valence-corrected chi connectivity index (χ1v) is 14.3. The molecule has 0 N–H and O–H groups in total. The number of rotatable bonds is 17. The van der Waals surface area contributed by atoms with Crippen molar-refractivity contribution in [2.75, 3.05) is 6.61 Å². The summed E-state index contributed by atoms with van der Waals surface area (Å²) in [5, 5.41) is 0. The van der Waals surface area contributed by atoms with Gasteiger partial charge in [-0.3, -0.25) is 0 Å². The van der Waals surface area contributed by atoms with Gasteiger partial charge in [0.25, 0.3) is 0 Å². The molecular weight excluding hydrogens is 440 g/mol. The van der Waals surface area contributed by atoms with Gasteiger partial charge in [0, 0.05) is 5.56 Å². The normalized spacial score (nSPS) is 12.0. The number of ether oxygens (including phenoxy) is 1. The van der Waals surface area contributed by atoms with E-state index in [9.17, 15) is 0 Å². The lowest BCUT2D eigenvalue weighted by Gasteiger charge is -2.09. The van der Waals surface area contributed by atoms with Crippen LogP contribution in [-0.4, -0.2) is 16.6 Å². The standard InChI is InChI=1S/C33H46N2O/c1-4-6-7-8-9-12-15-28-16-18-29(19-17-28)30-20-22-31(23-21-30)33-34-25-32(26-35-33)36-24-13-10-11-14-27(3)5-2/h16-23,25-27H,4-15,24H2,1-3H3/t27-/m0/s1. The van der Waals surface area contributed by atoms with Gasteiger partial charge in [-0.2, -0.15) is 0 Å². The molecule has 0 spiro atoms. The van der Waals surface area contributed by atoms with Crippen molar-refractivity contribution in [2.24, 2.45) is 5.92 Å². The summed E-state index contributed by atoms with van der Waals surface area (Å²) in [7, 11) is 0. The first kappa shape index (κ1) is 27.9. The van der Waals surface area contributed by atoms with E-state index < -0.39 is 0 Å². The molecule has 0 unspecified atom stereocenters. The van der Waals surface area contributed by atoms with Crippen molar-refractivity contribution in [3.63, 3.8) is 0 Å². The Kier molecular flexibility index (Phi) is 12.5. The van der Waals surface area contributed by atoms with Crippen LogP contribution in [0.1, 0.15) is 97.0 Å². The molecule has 3 heteroatoms. The van der Waals surface area contributed by atoms with Crippen molar-refractivity contribution in [1.82, 2.24) is 9.97 Å². The van der Waals surface area contributed by atoms with Crippen LogP contribution < -0.4 is 4.74 Å². The summed E-state index contributed by atoms with van der Waals surface area (Å²) in [4.78, 5) is 9.06. The van der Waals surface area contributed by atoms with Gasteiger partial charge in [-0.05, 0) is 41.9 Å². The van der Waals surface area contributed by atoms with E-state index in [-0.39, 0.29) is 0 Å². The fourth-order valence-electron chi connectivity index (χ4n) is 4.49. The Balaban J connectivity index is 1.42. The predicted octanol–water partition coefficient (Wildman–Crippen LogP) is 9.70. The number of hydrogen-bond donors (Lipinski definition) is 0. The van der Waals surface area contributed by atoms with E-state index in [0.717, 1.165) is 36.1 Å². The number of hydrogen-bond acceptors (Lipinski definition) is 3. The van der Waals surface area contributed by atoms with Gasteiger partial charge >= 0.3 is 0 Å². The van der Waals surface area contributed by atoms with E-state index in [1.165, 1.54) is 87.3 Å². The van der Waals surface area contributed by atoms with Gasteiger partial charge in [0.2, 0.25) is 0 Å². The van der Waals surface area contributed by atoms with E-state index in [0.29, 0.717) is 0 Å². The van der Waals surface area contributed by atoms with E-state index in [4.69, 9.17) is 4.74 Å². The van der Waals surface area contributed by atoms with Gasteiger partial charge in [-0.25, -0.2) is 9.97 Å². The molecule has 1 heterocycles. The Bertz CT molecular complexity index is 964. The van der Waals surface area contributed by atoms with Crippen LogP contribution in [0.15, 0.2) is 60.9 Å². The van der Waals surface area contributed by atoms with Gasteiger partial charge in [0.05, 0.1) is 19.0 Å². The Morgan fingerprint density at radius 1 is 0.667 bits per heavy atom. The summed E-state index contributed by atoms with van der Waals surface area (Å²) >= 11 is 0. The molecule has 2 aromatic carbocycles. The van der Waals surface area contributed by atoms with Gasteiger partial charge in [-0.15, -0.1) is 0 Å². The maximum absolute atomic E-state index is 5.84. The third-order valence-corrected chi connectivity index (χ3v) is 7.18. The molecule has 194 valence electrons. The minimum atomic E-state index is 0.732. The van der Waals surface area contributed by atoms with E-state index in [1.807, 2.05) is 0 Å². The van der Waals surface area contributed by atoms with Crippen LogP contribution >= 0.6 is 0 Å². The smallest absolute Gasteiger partial charge is 0.159 e. The number of aromatic nitrogens is 2. The zero-order chi connectivity index (χ0) is 25.4. The first-order chi connectivity index (χ1) is 17.7. The third-order valence-electron chi connectivity index (χ3n) is 7.18. The summed E-state index contributed by atoms with van der Waals surface area (Å²) in [6, 6.07) is 17.6. The van der Waals surface area contributed by atoms with Gasteiger partial charge in [-0.1, -0.05) is 127 Å². The molecule has 3 rings (SSSR count). The first-order valence-electron chi connectivity index (χ1n) is 14.3. The van der Waals surface area contributed by atoms with Gasteiger partial charge in [0.1, 0.15) is 0 Å². The average molecular weight is 487 g/mol. The van der Waals surface area contributed by atoms with Gasteiger partial charge in [0.15, 0.2) is 11.6 Å².